The summed E-state index contributed by atoms with van der Waals surface area (Å²) in [5.41, 5.74) is 2.65. The van der Waals surface area contributed by atoms with E-state index >= 15 is 0 Å². The van der Waals surface area contributed by atoms with Crippen LogP contribution in [0.1, 0.15) is 33.3 Å². The minimum Gasteiger partial charge on any atom is -0.487 e. The first-order chi connectivity index (χ1) is 15.9. The Morgan fingerprint density at radius 3 is 2.45 bits per heavy atom. The topological polar surface area (TPSA) is 70.6 Å². The van der Waals surface area contributed by atoms with Crippen LogP contribution in [0.4, 0.5) is 8.78 Å². The van der Waals surface area contributed by atoms with Crippen molar-refractivity contribution in [2.24, 2.45) is 0 Å². The number of ether oxygens (including phenoxy) is 1. The molecule has 0 spiro atoms. The Labute approximate surface area is 196 Å². The molecule has 1 aromatic heterocycles. The molecule has 1 heterocycles. The van der Waals surface area contributed by atoms with Crippen molar-refractivity contribution >= 4 is 17.2 Å². The lowest BCUT2D eigenvalue weighted by molar-refractivity contribution is 0.0833. The second-order valence-electron chi connectivity index (χ2n) is 7.76. The van der Waals surface area contributed by atoms with Crippen molar-refractivity contribution in [3.8, 4) is 5.06 Å². The Bertz CT molecular complexity index is 1050. The molecule has 0 unspecified atom stereocenters. The maximum atomic E-state index is 13.7. The SMILES string of the molecule is CCc1cccc(CNC[C@H](O)[C@@H](Cc2cc(F)cc(F)c2)NC(=O)c2ccc(OC)s2)c1. The van der Waals surface area contributed by atoms with Gasteiger partial charge in [-0.3, -0.25) is 4.79 Å². The summed E-state index contributed by atoms with van der Waals surface area (Å²) in [4.78, 5) is 13.2. The van der Waals surface area contributed by atoms with E-state index < -0.39 is 23.8 Å². The van der Waals surface area contributed by atoms with E-state index in [-0.39, 0.29) is 18.9 Å². The number of amides is 1. The van der Waals surface area contributed by atoms with Gasteiger partial charge in [-0.1, -0.05) is 42.5 Å². The highest BCUT2D eigenvalue weighted by atomic mass is 32.1. The van der Waals surface area contributed by atoms with E-state index in [0.717, 1.165) is 18.1 Å². The molecule has 0 saturated carbocycles. The number of halogens is 2. The van der Waals surface area contributed by atoms with Gasteiger partial charge in [0.1, 0.15) is 11.6 Å². The number of nitrogens with one attached hydrogen (secondary N) is 2. The van der Waals surface area contributed by atoms with E-state index in [1.54, 1.807) is 12.1 Å². The molecular weight excluding hydrogens is 446 g/mol. The summed E-state index contributed by atoms with van der Waals surface area (Å²) in [5, 5.41) is 17.4. The van der Waals surface area contributed by atoms with Crippen LogP contribution >= 0.6 is 11.3 Å². The van der Waals surface area contributed by atoms with Crippen LogP contribution in [0.15, 0.2) is 54.6 Å². The lowest BCUT2D eigenvalue weighted by Crippen LogP contribution is -2.48. The molecule has 0 aliphatic heterocycles. The molecule has 33 heavy (non-hydrogen) atoms. The minimum atomic E-state index is -0.989. The van der Waals surface area contributed by atoms with Gasteiger partial charge in [0.15, 0.2) is 5.06 Å². The van der Waals surface area contributed by atoms with Crippen LogP contribution in [0.25, 0.3) is 0 Å². The molecular formula is C25H28F2N2O3S. The lowest BCUT2D eigenvalue weighted by Gasteiger charge is -2.25. The number of rotatable bonds is 11. The molecule has 0 aliphatic rings. The van der Waals surface area contributed by atoms with Gasteiger partial charge >= 0.3 is 0 Å². The predicted molar refractivity (Wildman–Crippen MR) is 126 cm³/mol. The van der Waals surface area contributed by atoms with Gasteiger partial charge in [-0.05, 0) is 53.8 Å². The molecule has 0 bridgehead atoms. The second-order valence-corrected chi connectivity index (χ2v) is 8.80. The van der Waals surface area contributed by atoms with Crippen molar-refractivity contribution in [3.63, 3.8) is 0 Å². The molecule has 0 aliphatic carbocycles. The van der Waals surface area contributed by atoms with Crippen LogP contribution in [0.3, 0.4) is 0 Å². The zero-order valence-corrected chi connectivity index (χ0v) is 19.4. The van der Waals surface area contributed by atoms with Crippen LogP contribution in [-0.2, 0) is 19.4 Å². The van der Waals surface area contributed by atoms with E-state index in [9.17, 15) is 18.7 Å². The van der Waals surface area contributed by atoms with E-state index in [1.807, 2.05) is 12.1 Å². The number of aliphatic hydroxyl groups excluding tert-OH is 1. The highest BCUT2D eigenvalue weighted by Crippen LogP contribution is 2.24. The minimum absolute atomic E-state index is 0.0666. The summed E-state index contributed by atoms with van der Waals surface area (Å²) < 4.78 is 32.5. The Balaban J connectivity index is 1.69. The molecule has 5 nitrogen and oxygen atoms in total. The van der Waals surface area contributed by atoms with Crippen molar-refractivity contribution in [2.45, 2.75) is 38.5 Å². The average molecular weight is 475 g/mol. The smallest absolute Gasteiger partial charge is 0.261 e. The number of aliphatic hydroxyl groups is 1. The largest absolute Gasteiger partial charge is 0.487 e. The second kappa shape index (κ2) is 11.9. The van der Waals surface area contributed by atoms with Crippen LogP contribution in [0.2, 0.25) is 0 Å². The van der Waals surface area contributed by atoms with Crippen molar-refractivity contribution in [3.05, 3.63) is 87.8 Å². The molecule has 0 fully saturated rings. The van der Waals surface area contributed by atoms with Crippen LogP contribution in [0, 0.1) is 11.6 Å². The molecule has 3 N–H and O–H groups in total. The number of thiophene rings is 1. The summed E-state index contributed by atoms with van der Waals surface area (Å²) in [5.74, 6) is -1.80. The van der Waals surface area contributed by atoms with Gasteiger partial charge in [-0.2, -0.15) is 0 Å². The van der Waals surface area contributed by atoms with Gasteiger partial charge in [0.05, 0.1) is 24.1 Å². The maximum absolute atomic E-state index is 13.7. The first kappa shape index (κ1) is 24.8. The van der Waals surface area contributed by atoms with Crippen molar-refractivity contribution in [1.29, 1.82) is 0 Å². The lowest BCUT2D eigenvalue weighted by atomic mass is 10.0. The Hall–Kier alpha value is -2.81. The number of methoxy groups -OCH3 is 1. The third kappa shape index (κ3) is 7.35. The Kier molecular flexibility index (Phi) is 8.94. The number of carbonyl (C=O) groups is 1. The van der Waals surface area contributed by atoms with Crippen molar-refractivity contribution in [2.75, 3.05) is 13.7 Å². The number of carbonyl (C=O) groups excluding carboxylic acids is 1. The average Bonchev–Trinajstić information content (AvgIpc) is 3.27. The summed E-state index contributed by atoms with van der Waals surface area (Å²) in [6.07, 6.45) is 0.0100. The first-order valence-corrected chi connectivity index (χ1v) is 11.6. The number of hydrogen-bond acceptors (Lipinski definition) is 5. The van der Waals surface area contributed by atoms with Gasteiger partial charge in [-0.15, -0.1) is 0 Å². The quantitative estimate of drug-likeness (QED) is 0.392. The van der Waals surface area contributed by atoms with Gasteiger partial charge in [0, 0.05) is 19.2 Å². The maximum Gasteiger partial charge on any atom is 0.261 e. The third-order valence-electron chi connectivity index (χ3n) is 5.25. The van der Waals surface area contributed by atoms with Gasteiger partial charge in [-0.25, -0.2) is 8.78 Å². The van der Waals surface area contributed by atoms with E-state index in [0.29, 0.717) is 22.0 Å². The van der Waals surface area contributed by atoms with E-state index in [1.165, 1.54) is 36.1 Å². The summed E-state index contributed by atoms with van der Waals surface area (Å²) in [6.45, 7) is 2.82. The summed E-state index contributed by atoms with van der Waals surface area (Å²) >= 11 is 1.17. The highest BCUT2D eigenvalue weighted by molar-refractivity contribution is 7.15. The van der Waals surface area contributed by atoms with Crippen LogP contribution in [0.5, 0.6) is 5.06 Å². The van der Waals surface area contributed by atoms with Gasteiger partial charge in [0.25, 0.3) is 5.91 Å². The van der Waals surface area contributed by atoms with E-state index in [2.05, 4.69) is 29.7 Å². The fourth-order valence-electron chi connectivity index (χ4n) is 3.52. The third-order valence-corrected chi connectivity index (χ3v) is 6.29. The Morgan fingerprint density at radius 2 is 1.79 bits per heavy atom. The number of hydrogen-bond donors (Lipinski definition) is 3. The number of benzene rings is 2. The molecule has 3 aromatic rings. The Morgan fingerprint density at radius 1 is 1.06 bits per heavy atom. The fraction of sp³-hybridized carbons (Fsp3) is 0.320. The zero-order valence-electron chi connectivity index (χ0n) is 18.6. The van der Waals surface area contributed by atoms with E-state index in [4.69, 9.17) is 4.74 Å². The molecule has 176 valence electrons. The van der Waals surface area contributed by atoms with Crippen LogP contribution < -0.4 is 15.4 Å². The first-order valence-electron chi connectivity index (χ1n) is 10.7. The van der Waals surface area contributed by atoms with Gasteiger partial charge in [0.2, 0.25) is 0 Å². The zero-order chi connectivity index (χ0) is 23.8. The summed E-state index contributed by atoms with van der Waals surface area (Å²) in [6, 6.07) is 13.9. The van der Waals surface area contributed by atoms with Gasteiger partial charge < -0.3 is 20.5 Å². The molecule has 0 radical (unpaired) electrons. The van der Waals surface area contributed by atoms with Crippen molar-refractivity contribution < 1.29 is 23.4 Å². The molecule has 2 atom stereocenters. The highest BCUT2D eigenvalue weighted by Gasteiger charge is 2.24. The number of aryl methyl sites for hydroxylation is 1. The molecule has 0 saturated heterocycles. The molecule has 2 aromatic carbocycles. The molecule has 8 heteroatoms. The standard InChI is InChI=1S/C25H28F2N2O3S/c1-3-16-5-4-6-17(9-16)14-28-15-22(30)21(12-18-10-19(26)13-20(27)11-18)29-25(31)23-7-8-24(32-2)33-23/h4-11,13,21-22,28,30H,3,12,14-15H2,1-2H3,(H,29,31)/t21-,22+/m1/s1. The fourth-order valence-corrected chi connectivity index (χ4v) is 4.25. The monoisotopic (exact) mass is 474 g/mol. The normalized spacial score (nSPS) is 12.9. The summed E-state index contributed by atoms with van der Waals surface area (Å²) in [7, 11) is 1.51. The predicted octanol–water partition coefficient (Wildman–Crippen LogP) is 4.09. The van der Waals surface area contributed by atoms with Crippen LogP contribution in [-0.4, -0.2) is 36.8 Å². The van der Waals surface area contributed by atoms with Crippen molar-refractivity contribution in [1.82, 2.24) is 10.6 Å². The molecule has 3 rings (SSSR count). The molecule has 1 amide bonds.